The lowest BCUT2D eigenvalue weighted by Crippen LogP contribution is -2.28. The zero-order chi connectivity index (χ0) is 16.1. The summed E-state index contributed by atoms with van der Waals surface area (Å²) in [7, 11) is 0. The quantitative estimate of drug-likeness (QED) is 0.882. The molecule has 0 unspecified atom stereocenters. The monoisotopic (exact) mass is 297 g/mol. The molecule has 0 saturated carbocycles. The van der Waals surface area contributed by atoms with E-state index in [1.807, 2.05) is 6.07 Å². The van der Waals surface area contributed by atoms with E-state index in [1.54, 1.807) is 12.3 Å². The summed E-state index contributed by atoms with van der Waals surface area (Å²) in [6.07, 6.45) is 1.65. The Bertz CT molecular complexity index is 645. The Morgan fingerprint density at radius 1 is 1.09 bits per heavy atom. The van der Waals surface area contributed by atoms with Gasteiger partial charge in [0.2, 0.25) is 0 Å². The van der Waals surface area contributed by atoms with E-state index >= 15 is 0 Å². The Hall–Kier alpha value is -2.36. The Morgan fingerprint density at radius 2 is 1.77 bits per heavy atom. The molecule has 1 aromatic heterocycles. The molecule has 0 aliphatic carbocycles. The molecule has 1 heterocycles. The second-order valence-electron chi connectivity index (χ2n) is 6.04. The number of rotatable bonds is 5. The maximum absolute atomic E-state index is 12.1. The van der Waals surface area contributed by atoms with E-state index in [4.69, 9.17) is 0 Å². The van der Waals surface area contributed by atoms with Crippen LogP contribution in [0.25, 0.3) is 0 Å². The van der Waals surface area contributed by atoms with Crippen molar-refractivity contribution in [2.45, 2.75) is 27.7 Å². The molecule has 1 aromatic carbocycles. The molecule has 0 radical (unpaired) electrons. The van der Waals surface area contributed by atoms with Crippen LogP contribution in [0.5, 0.6) is 0 Å². The number of aryl methyl sites for hydroxylation is 2. The van der Waals surface area contributed by atoms with Crippen molar-refractivity contribution in [3.05, 3.63) is 53.3 Å². The van der Waals surface area contributed by atoms with Crippen LogP contribution in [0.3, 0.4) is 0 Å². The van der Waals surface area contributed by atoms with Crippen molar-refractivity contribution in [3.63, 3.8) is 0 Å². The summed E-state index contributed by atoms with van der Waals surface area (Å²) >= 11 is 0. The van der Waals surface area contributed by atoms with Gasteiger partial charge in [-0.3, -0.25) is 9.78 Å². The largest absolute Gasteiger partial charge is 0.355 e. The van der Waals surface area contributed by atoms with Crippen molar-refractivity contribution < 1.29 is 4.79 Å². The highest BCUT2D eigenvalue weighted by Crippen LogP contribution is 2.19. The molecule has 0 fully saturated rings. The summed E-state index contributed by atoms with van der Waals surface area (Å²) in [5.41, 5.74) is 4.69. The van der Waals surface area contributed by atoms with Gasteiger partial charge in [-0.15, -0.1) is 0 Å². The minimum Gasteiger partial charge on any atom is -0.355 e. The van der Waals surface area contributed by atoms with Gasteiger partial charge >= 0.3 is 0 Å². The van der Waals surface area contributed by atoms with Gasteiger partial charge in [-0.25, -0.2) is 0 Å². The number of nitrogens with zero attached hydrogens (tertiary/aromatic N) is 1. The van der Waals surface area contributed by atoms with Gasteiger partial charge in [-0.05, 0) is 55.2 Å². The van der Waals surface area contributed by atoms with Crippen LogP contribution in [0.2, 0.25) is 0 Å². The zero-order valence-electron chi connectivity index (χ0n) is 13.6. The summed E-state index contributed by atoms with van der Waals surface area (Å²) < 4.78 is 0. The third-order valence-corrected chi connectivity index (χ3v) is 3.17. The molecule has 1 amide bonds. The van der Waals surface area contributed by atoms with E-state index in [1.165, 1.54) is 11.1 Å². The average molecular weight is 297 g/mol. The molecule has 116 valence electrons. The third-order valence-electron chi connectivity index (χ3n) is 3.17. The Labute approximate surface area is 132 Å². The highest BCUT2D eigenvalue weighted by molar-refractivity contribution is 5.93. The first-order valence-electron chi connectivity index (χ1n) is 7.53. The van der Waals surface area contributed by atoms with Gasteiger partial charge in [-0.1, -0.05) is 19.9 Å². The first-order chi connectivity index (χ1) is 10.4. The van der Waals surface area contributed by atoms with Gasteiger partial charge < -0.3 is 10.6 Å². The Kier molecular flexibility index (Phi) is 5.15. The zero-order valence-corrected chi connectivity index (χ0v) is 13.6. The second-order valence-corrected chi connectivity index (χ2v) is 6.04. The third kappa shape index (κ3) is 4.58. The van der Waals surface area contributed by atoms with Gasteiger partial charge in [0, 0.05) is 24.1 Å². The molecular formula is C18H23N3O. The number of hydrogen-bond acceptors (Lipinski definition) is 3. The van der Waals surface area contributed by atoms with E-state index in [0.717, 1.165) is 11.4 Å². The molecule has 2 aromatic rings. The molecule has 22 heavy (non-hydrogen) atoms. The summed E-state index contributed by atoms with van der Waals surface area (Å²) in [5, 5.41) is 6.20. The fourth-order valence-electron chi connectivity index (χ4n) is 2.23. The van der Waals surface area contributed by atoms with Gasteiger partial charge in [0.1, 0.15) is 5.69 Å². The smallest absolute Gasteiger partial charge is 0.269 e. The highest BCUT2D eigenvalue weighted by Gasteiger charge is 2.08. The Balaban J connectivity index is 2.12. The predicted octanol–water partition coefficient (Wildman–Crippen LogP) is 3.83. The number of pyridine rings is 1. The summed E-state index contributed by atoms with van der Waals surface area (Å²) in [6, 6.07) is 9.91. The van der Waals surface area contributed by atoms with E-state index in [9.17, 15) is 4.79 Å². The van der Waals surface area contributed by atoms with Crippen molar-refractivity contribution in [3.8, 4) is 0 Å². The minimum absolute atomic E-state index is 0.141. The lowest BCUT2D eigenvalue weighted by Gasteiger charge is -2.10. The number of carbonyl (C=O) groups is 1. The second kappa shape index (κ2) is 7.07. The van der Waals surface area contributed by atoms with Crippen molar-refractivity contribution in [1.82, 2.24) is 10.3 Å². The first kappa shape index (κ1) is 16.0. The molecular weight excluding hydrogens is 274 g/mol. The molecule has 0 atom stereocenters. The van der Waals surface area contributed by atoms with Crippen LogP contribution in [-0.2, 0) is 0 Å². The number of amides is 1. The molecule has 2 N–H and O–H groups in total. The Morgan fingerprint density at radius 3 is 2.41 bits per heavy atom. The van der Waals surface area contributed by atoms with E-state index in [2.05, 4.69) is 61.5 Å². The number of carbonyl (C=O) groups excluding carboxylic acids is 1. The molecule has 2 rings (SSSR count). The van der Waals surface area contributed by atoms with E-state index in [-0.39, 0.29) is 5.91 Å². The predicted molar refractivity (Wildman–Crippen MR) is 90.6 cm³/mol. The van der Waals surface area contributed by atoms with E-state index in [0.29, 0.717) is 18.2 Å². The van der Waals surface area contributed by atoms with Crippen molar-refractivity contribution >= 4 is 17.3 Å². The van der Waals surface area contributed by atoms with Crippen LogP contribution in [0.4, 0.5) is 11.4 Å². The number of benzene rings is 1. The molecule has 0 aliphatic heterocycles. The van der Waals surface area contributed by atoms with Crippen molar-refractivity contribution in [2.75, 3.05) is 11.9 Å². The summed E-state index contributed by atoms with van der Waals surface area (Å²) in [4.78, 5) is 16.2. The number of anilines is 2. The summed E-state index contributed by atoms with van der Waals surface area (Å²) in [6.45, 7) is 8.90. The lowest BCUT2D eigenvalue weighted by molar-refractivity contribution is 0.0944. The van der Waals surface area contributed by atoms with Crippen LogP contribution in [0.1, 0.15) is 35.5 Å². The van der Waals surface area contributed by atoms with Crippen LogP contribution in [-0.4, -0.2) is 17.4 Å². The maximum atomic E-state index is 12.1. The average Bonchev–Trinajstić information content (AvgIpc) is 2.44. The number of aromatic nitrogens is 1. The van der Waals surface area contributed by atoms with Crippen molar-refractivity contribution in [1.29, 1.82) is 0 Å². The SMILES string of the molecule is Cc1cc(C)cc(Nc2ccnc(C(=O)NCC(C)C)c2)c1. The van der Waals surface area contributed by atoms with Crippen LogP contribution in [0, 0.1) is 19.8 Å². The maximum Gasteiger partial charge on any atom is 0.269 e. The number of nitrogens with one attached hydrogen (secondary N) is 2. The standard InChI is InChI=1S/C18H23N3O/c1-12(2)11-20-18(22)17-10-15(5-6-19-17)21-16-8-13(3)7-14(4)9-16/h5-10,12H,11H2,1-4H3,(H,19,21)(H,20,22). The topological polar surface area (TPSA) is 54.0 Å². The molecule has 0 bridgehead atoms. The molecule has 0 saturated heterocycles. The minimum atomic E-state index is -0.141. The van der Waals surface area contributed by atoms with Gasteiger partial charge in [0.05, 0.1) is 0 Å². The molecule has 0 spiro atoms. The fraction of sp³-hybridized carbons (Fsp3) is 0.333. The lowest BCUT2D eigenvalue weighted by atomic mass is 10.1. The van der Waals surface area contributed by atoms with Gasteiger partial charge in [-0.2, -0.15) is 0 Å². The van der Waals surface area contributed by atoms with Gasteiger partial charge in [0.15, 0.2) is 0 Å². The van der Waals surface area contributed by atoms with Crippen molar-refractivity contribution in [2.24, 2.45) is 5.92 Å². The normalized spacial score (nSPS) is 10.6. The van der Waals surface area contributed by atoms with Crippen LogP contribution < -0.4 is 10.6 Å². The summed E-state index contributed by atoms with van der Waals surface area (Å²) in [5.74, 6) is 0.276. The van der Waals surface area contributed by atoms with E-state index < -0.39 is 0 Å². The fourth-order valence-corrected chi connectivity index (χ4v) is 2.23. The molecule has 4 heteroatoms. The molecule has 0 aliphatic rings. The first-order valence-corrected chi connectivity index (χ1v) is 7.53. The van der Waals surface area contributed by atoms with Crippen LogP contribution in [0.15, 0.2) is 36.5 Å². The van der Waals surface area contributed by atoms with Gasteiger partial charge in [0.25, 0.3) is 5.91 Å². The van der Waals surface area contributed by atoms with Crippen LogP contribution >= 0.6 is 0 Å². The highest BCUT2D eigenvalue weighted by atomic mass is 16.1. The molecule has 4 nitrogen and oxygen atoms in total. The number of hydrogen-bond donors (Lipinski definition) is 2.